The minimum Gasteiger partial charge on any atom is -0.347 e. The first-order valence-corrected chi connectivity index (χ1v) is 13.8. The largest absolute Gasteiger partial charge is 0.347 e. The molecule has 6 atom stereocenters. The van der Waals surface area contributed by atoms with Gasteiger partial charge in [0.15, 0.2) is 5.79 Å². The first kappa shape index (κ1) is 23.3. The van der Waals surface area contributed by atoms with Crippen LogP contribution in [0.3, 0.4) is 0 Å². The van der Waals surface area contributed by atoms with E-state index in [0.29, 0.717) is 24.9 Å². The van der Waals surface area contributed by atoms with Crippen molar-refractivity contribution in [3.63, 3.8) is 0 Å². The average molecular weight is 473 g/mol. The van der Waals surface area contributed by atoms with E-state index in [1.54, 1.807) is 5.57 Å². The molecule has 4 aliphatic carbocycles. The molecule has 6 rings (SSSR count). The number of hydrogen-bond acceptors (Lipinski definition) is 4. The van der Waals surface area contributed by atoms with Gasteiger partial charge in [0.1, 0.15) is 5.72 Å². The molecule has 2 aliphatic heterocycles. The molecule has 2 spiro atoms. The highest BCUT2D eigenvalue weighted by molar-refractivity contribution is 5.75. The lowest BCUT2D eigenvalue weighted by Gasteiger charge is -2.59. The molecule has 2 heterocycles. The van der Waals surface area contributed by atoms with Gasteiger partial charge >= 0.3 is 6.03 Å². The van der Waals surface area contributed by atoms with Gasteiger partial charge in [0.25, 0.3) is 0 Å². The number of allylic oxidation sites excluding steroid dienone is 1. The number of hydrogen-bond donors (Lipinski definition) is 1. The molecule has 0 aromatic carbocycles. The Morgan fingerprint density at radius 3 is 2.53 bits per heavy atom. The molecule has 0 radical (unpaired) electrons. The minimum absolute atomic E-state index is 0.00958. The van der Waals surface area contributed by atoms with E-state index in [9.17, 15) is 4.79 Å². The van der Waals surface area contributed by atoms with E-state index in [1.165, 1.54) is 32.1 Å². The molecular formula is C28H44N2O4. The highest BCUT2D eigenvalue weighted by Gasteiger charge is 2.69. The standard InChI is InChI=1S/C28H44N2O4/c1-6-29-23(31)30-18-27(34-24(30,2)3)12-10-22-20-8-7-19-17-28(32-15-16-33-28)14-13-25(19,4)21(20)9-11-26(22,27)5/h7,20-22H,6,8-18H2,1-5H3,(H,29,31)/t20-,21-,22-,25-,26-,27+/m0/s1. The van der Waals surface area contributed by atoms with Crippen LogP contribution in [0.15, 0.2) is 11.6 Å². The number of nitrogens with zero attached hydrogens (tertiary/aromatic N) is 1. The summed E-state index contributed by atoms with van der Waals surface area (Å²) in [7, 11) is 0. The fourth-order valence-corrected chi connectivity index (χ4v) is 9.44. The monoisotopic (exact) mass is 472 g/mol. The number of carbonyl (C=O) groups is 1. The molecule has 0 aromatic rings. The fourth-order valence-electron chi connectivity index (χ4n) is 9.44. The van der Waals surface area contributed by atoms with Crippen molar-refractivity contribution in [1.82, 2.24) is 10.2 Å². The molecule has 6 aliphatic rings. The second-order valence-corrected chi connectivity index (χ2v) is 13.0. The summed E-state index contributed by atoms with van der Waals surface area (Å²) in [6.45, 7) is 14.0. The van der Waals surface area contributed by atoms with Crippen LogP contribution in [0.25, 0.3) is 0 Å². The van der Waals surface area contributed by atoms with Crippen molar-refractivity contribution >= 4 is 6.03 Å². The summed E-state index contributed by atoms with van der Waals surface area (Å²) < 4.78 is 19.2. The lowest BCUT2D eigenvalue weighted by atomic mass is 9.46. The summed E-state index contributed by atoms with van der Waals surface area (Å²) >= 11 is 0. The van der Waals surface area contributed by atoms with Crippen LogP contribution in [-0.2, 0) is 14.2 Å². The maximum Gasteiger partial charge on any atom is 0.319 e. The fraction of sp³-hybridized carbons (Fsp3) is 0.893. The summed E-state index contributed by atoms with van der Waals surface area (Å²) in [5.41, 5.74) is 1.17. The summed E-state index contributed by atoms with van der Waals surface area (Å²) in [4.78, 5) is 14.9. The van der Waals surface area contributed by atoms with Crippen LogP contribution < -0.4 is 5.32 Å². The highest BCUT2D eigenvalue weighted by Crippen LogP contribution is 2.70. The van der Waals surface area contributed by atoms with Gasteiger partial charge in [-0.25, -0.2) is 4.79 Å². The Hall–Kier alpha value is -1.11. The van der Waals surface area contributed by atoms with Crippen LogP contribution in [0.2, 0.25) is 0 Å². The molecule has 5 fully saturated rings. The van der Waals surface area contributed by atoms with E-state index in [2.05, 4.69) is 39.1 Å². The molecule has 6 heteroatoms. The number of ether oxygens (including phenoxy) is 3. The van der Waals surface area contributed by atoms with Crippen LogP contribution in [-0.4, -0.2) is 54.3 Å². The van der Waals surface area contributed by atoms with Gasteiger partial charge in [0.2, 0.25) is 0 Å². The summed E-state index contributed by atoms with van der Waals surface area (Å²) in [5, 5.41) is 3.01. The molecule has 2 saturated heterocycles. The summed E-state index contributed by atoms with van der Waals surface area (Å²) in [6, 6.07) is 0.00958. The van der Waals surface area contributed by atoms with Crippen molar-refractivity contribution < 1.29 is 19.0 Å². The van der Waals surface area contributed by atoms with Crippen LogP contribution in [0.4, 0.5) is 4.79 Å². The summed E-state index contributed by atoms with van der Waals surface area (Å²) in [5.74, 6) is 1.75. The third-order valence-electron chi connectivity index (χ3n) is 11.3. The second-order valence-electron chi connectivity index (χ2n) is 13.0. The molecule has 2 amide bonds. The summed E-state index contributed by atoms with van der Waals surface area (Å²) in [6.07, 6.45) is 11.6. The van der Waals surface area contributed by atoms with Crippen molar-refractivity contribution in [2.75, 3.05) is 26.3 Å². The number of nitrogens with one attached hydrogen (secondary N) is 1. The lowest BCUT2D eigenvalue weighted by molar-refractivity contribution is -0.193. The van der Waals surface area contributed by atoms with Crippen molar-refractivity contribution in [2.45, 2.75) is 103 Å². The maximum absolute atomic E-state index is 12.9. The first-order chi connectivity index (χ1) is 16.1. The minimum atomic E-state index is -0.571. The Morgan fingerprint density at radius 1 is 1.06 bits per heavy atom. The molecule has 6 nitrogen and oxygen atoms in total. The van der Waals surface area contributed by atoms with E-state index < -0.39 is 5.72 Å². The smallest absolute Gasteiger partial charge is 0.319 e. The van der Waals surface area contributed by atoms with Crippen LogP contribution in [0, 0.1) is 28.6 Å². The van der Waals surface area contributed by atoms with E-state index in [0.717, 1.165) is 38.4 Å². The number of carbonyl (C=O) groups excluding carboxylic acids is 1. The molecule has 0 bridgehead atoms. The predicted molar refractivity (Wildman–Crippen MR) is 130 cm³/mol. The number of rotatable bonds is 1. The SMILES string of the molecule is CCNC(=O)N1C[C@@]2(CC[C@H]3[C@H]4CC=C5CC6(CC[C@]5(C)[C@H]4CC[C@@]32C)OCCO6)OC1(C)C. The second kappa shape index (κ2) is 7.45. The van der Waals surface area contributed by atoms with E-state index in [1.807, 2.05) is 11.8 Å². The van der Waals surface area contributed by atoms with E-state index >= 15 is 0 Å². The number of urea groups is 1. The zero-order valence-corrected chi connectivity index (χ0v) is 21.9. The molecular weight excluding hydrogens is 428 g/mol. The highest BCUT2D eigenvalue weighted by atomic mass is 16.7. The van der Waals surface area contributed by atoms with Gasteiger partial charge in [-0.2, -0.15) is 0 Å². The van der Waals surface area contributed by atoms with Gasteiger partial charge in [-0.3, -0.25) is 4.90 Å². The molecule has 0 aromatic heterocycles. The van der Waals surface area contributed by atoms with Gasteiger partial charge in [0, 0.05) is 24.8 Å². The molecule has 34 heavy (non-hydrogen) atoms. The van der Waals surface area contributed by atoms with Crippen LogP contribution >= 0.6 is 0 Å². The van der Waals surface area contributed by atoms with Gasteiger partial charge in [0.05, 0.1) is 25.4 Å². The first-order valence-electron chi connectivity index (χ1n) is 13.8. The third kappa shape index (κ3) is 3.00. The number of amides is 2. The predicted octanol–water partition coefficient (Wildman–Crippen LogP) is 5.23. The van der Waals surface area contributed by atoms with Crippen molar-refractivity contribution in [1.29, 1.82) is 0 Å². The molecule has 0 unspecified atom stereocenters. The Labute approximate surface area is 205 Å². The van der Waals surface area contributed by atoms with Gasteiger partial charge in [-0.05, 0) is 82.5 Å². The average Bonchev–Trinajstić information content (AvgIpc) is 3.44. The van der Waals surface area contributed by atoms with Gasteiger partial charge < -0.3 is 19.5 Å². The topological polar surface area (TPSA) is 60.0 Å². The van der Waals surface area contributed by atoms with Crippen molar-refractivity contribution in [3.05, 3.63) is 11.6 Å². The van der Waals surface area contributed by atoms with Crippen molar-refractivity contribution in [3.8, 4) is 0 Å². The Morgan fingerprint density at radius 2 is 1.79 bits per heavy atom. The van der Waals surface area contributed by atoms with E-state index in [4.69, 9.17) is 14.2 Å². The lowest BCUT2D eigenvalue weighted by Crippen LogP contribution is -2.56. The maximum atomic E-state index is 12.9. The molecule has 190 valence electrons. The molecule has 1 N–H and O–H groups in total. The third-order valence-corrected chi connectivity index (χ3v) is 11.3. The Balaban J connectivity index is 1.27. The van der Waals surface area contributed by atoms with E-state index in [-0.39, 0.29) is 28.2 Å². The Kier molecular flexibility index (Phi) is 5.11. The number of fused-ring (bicyclic) bond motifs is 6. The van der Waals surface area contributed by atoms with Gasteiger partial charge in [-0.15, -0.1) is 0 Å². The normalized spacial score (nSPS) is 46.2. The quantitative estimate of drug-likeness (QED) is 0.531. The molecule has 3 saturated carbocycles. The van der Waals surface area contributed by atoms with Crippen LogP contribution in [0.5, 0.6) is 0 Å². The van der Waals surface area contributed by atoms with Crippen LogP contribution in [0.1, 0.15) is 86.0 Å². The zero-order chi connectivity index (χ0) is 24.0. The zero-order valence-electron chi connectivity index (χ0n) is 21.9. The van der Waals surface area contributed by atoms with Crippen molar-refractivity contribution in [2.24, 2.45) is 28.6 Å². The van der Waals surface area contributed by atoms with Gasteiger partial charge in [-0.1, -0.05) is 25.5 Å². The Bertz CT molecular complexity index is 895.